The maximum atomic E-state index is 13.1. The second kappa shape index (κ2) is 6.25. The summed E-state index contributed by atoms with van der Waals surface area (Å²) < 4.78 is 0. The van der Waals surface area contributed by atoms with E-state index in [-0.39, 0.29) is 17.4 Å². The standard InChI is InChI=1S/C22H31N3O2/c1-21(2)11-18-12-22(3,14-21)15-25(18)19(26)17-7-5-16(6-8-17)13-24-10-9-23(4)20(24)27/h5-8,18H,9-15H2,1-4H3. The number of fused-ring (bicyclic) bond motifs is 2. The van der Waals surface area contributed by atoms with Gasteiger partial charge < -0.3 is 14.7 Å². The van der Waals surface area contributed by atoms with Crippen LogP contribution in [0, 0.1) is 10.8 Å². The van der Waals surface area contributed by atoms with Gasteiger partial charge in [-0.05, 0) is 47.8 Å². The van der Waals surface area contributed by atoms with Crippen LogP contribution in [0.1, 0.15) is 56.0 Å². The molecule has 0 N–H and O–H groups in total. The van der Waals surface area contributed by atoms with E-state index in [4.69, 9.17) is 0 Å². The number of benzene rings is 1. The number of likely N-dealkylation sites (tertiary alicyclic amines) is 1. The number of hydrogen-bond donors (Lipinski definition) is 0. The largest absolute Gasteiger partial charge is 0.335 e. The van der Waals surface area contributed by atoms with Gasteiger partial charge in [0, 0.05) is 44.8 Å². The van der Waals surface area contributed by atoms with Crippen molar-refractivity contribution in [3.8, 4) is 0 Å². The maximum Gasteiger partial charge on any atom is 0.320 e. The van der Waals surface area contributed by atoms with Crippen LogP contribution in [0.4, 0.5) is 4.79 Å². The van der Waals surface area contributed by atoms with Gasteiger partial charge in [-0.15, -0.1) is 0 Å². The number of nitrogens with zero attached hydrogens (tertiary/aromatic N) is 3. The molecule has 1 aromatic carbocycles. The molecule has 146 valence electrons. The summed E-state index contributed by atoms with van der Waals surface area (Å²) in [5.74, 6) is 0.157. The molecule has 0 radical (unpaired) electrons. The molecule has 5 nitrogen and oxygen atoms in total. The van der Waals surface area contributed by atoms with Gasteiger partial charge in [0.1, 0.15) is 0 Å². The average molecular weight is 370 g/mol. The number of carbonyl (C=O) groups excluding carboxylic acids is 2. The molecule has 1 saturated carbocycles. The van der Waals surface area contributed by atoms with Crippen LogP contribution in [0.3, 0.4) is 0 Å². The van der Waals surface area contributed by atoms with Gasteiger partial charge >= 0.3 is 6.03 Å². The van der Waals surface area contributed by atoms with E-state index in [0.717, 1.165) is 43.6 Å². The second-order valence-corrected chi connectivity index (χ2v) is 9.97. The van der Waals surface area contributed by atoms with Crippen molar-refractivity contribution in [3.05, 3.63) is 35.4 Å². The SMILES string of the molecule is CN1CCN(Cc2ccc(C(=O)N3CC4(C)CC3CC(C)(C)C4)cc2)C1=O. The second-order valence-electron chi connectivity index (χ2n) is 9.97. The van der Waals surface area contributed by atoms with Crippen molar-refractivity contribution in [1.29, 1.82) is 0 Å². The van der Waals surface area contributed by atoms with E-state index < -0.39 is 0 Å². The van der Waals surface area contributed by atoms with E-state index in [1.54, 1.807) is 4.90 Å². The van der Waals surface area contributed by atoms with Gasteiger partial charge in [0.2, 0.25) is 0 Å². The lowest BCUT2D eigenvalue weighted by molar-refractivity contribution is 0.0708. The minimum atomic E-state index is 0.0790. The molecule has 2 saturated heterocycles. The molecular weight excluding hydrogens is 338 g/mol. The maximum absolute atomic E-state index is 13.1. The topological polar surface area (TPSA) is 43.9 Å². The smallest absolute Gasteiger partial charge is 0.320 e. The number of likely N-dealkylation sites (N-methyl/N-ethyl adjacent to an activating group) is 1. The molecule has 5 heteroatoms. The molecule has 2 bridgehead atoms. The Labute approximate surface area is 162 Å². The van der Waals surface area contributed by atoms with Crippen LogP contribution in [0.25, 0.3) is 0 Å². The molecule has 3 fully saturated rings. The molecule has 1 aliphatic carbocycles. The van der Waals surface area contributed by atoms with Crippen molar-refractivity contribution in [2.75, 3.05) is 26.7 Å². The van der Waals surface area contributed by atoms with E-state index in [0.29, 0.717) is 18.0 Å². The van der Waals surface area contributed by atoms with E-state index in [9.17, 15) is 9.59 Å². The van der Waals surface area contributed by atoms with E-state index in [1.165, 1.54) is 6.42 Å². The lowest BCUT2D eigenvalue weighted by Gasteiger charge is -2.39. The lowest BCUT2D eigenvalue weighted by Crippen LogP contribution is -2.37. The molecule has 4 rings (SSSR count). The number of hydrogen-bond acceptors (Lipinski definition) is 2. The van der Waals surface area contributed by atoms with E-state index in [2.05, 4.69) is 25.7 Å². The van der Waals surface area contributed by atoms with Crippen LogP contribution in [0.2, 0.25) is 0 Å². The predicted molar refractivity (Wildman–Crippen MR) is 105 cm³/mol. The first-order chi connectivity index (χ1) is 12.7. The van der Waals surface area contributed by atoms with Gasteiger partial charge in [-0.3, -0.25) is 4.79 Å². The molecule has 2 aliphatic heterocycles. The molecule has 0 aromatic heterocycles. The Morgan fingerprint density at radius 2 is 1.81 bits per heavy atom. The summed E-state index contributed by atoms with van der Waals surface area (Å²) in [5.41, 5.74) is 2.40. The van der Waals surface area contributed by atoms with Crippen LogP contribution in [0.15, 0.2) is 24.3 Å². The van der Waals surface area contributed by atoms with Crippen LogP contribution < -0.4 is 0 Å². The fourth-order valence-corrected chi connectivity index (χ4v) is 5.69. The summed E-state index contributed by atoms with van der Waals surface area (Å²) in [6.07, 6.45) is 3.42. The third-order valence-electron chi connectivity index (χ3n) is 6.55. The third-order valence-corrected chi connectivity index (χ3v) is 6.55. The average Bonchev–Trinajstić information content (AvgIpc) is 3.04. The number of amides is 3. The highest BCUT2D eigenvalue weighted by atomic mass is 16.2. The van der Waals surface area contributed by atoms with Crippen molar-refractivity contribution in [3.63, 3.8) is 0 Å². The Morgan fingerprint density at radius 3 is 2.44 bits per heavy atom. The molecule has 1 aromatic rings. The number of rotatable bonds is 3. The Bertz CT molecular complexity index is 757. The van der Waals surface area contributed by atoms with Crippen LogP contribution >= 0.6 is 0 Å². The first-order valence-electron chi connectivity index (χ1n) is 10.1. The normalized spacial score (nSPS) is 29.6. The molecule has 2 unspecified atom stereocenters. The zero-order valence-corrected chi connectivity index (χ0v) is 17.0. The number of carbonyl (C=O) groups is 2. The fourth-order valence-electron chi connectivity index (χ4n) is 5.69. The molecule has 2 atom stereocenters. The number of urea groups is 1. The van der Waals surface area contributed by atoms with Crippen molar-refractivity contribution in [2.45, 2.75) is 52.6 Å². The summed E-state index contributed by atoms with van der Waals surface area (Å²) in [7, 11) is 1.83. The van der Waals surface area contributed by atoms with Gasteiger partial charge in [0.25, 0.3) is 5.91 Å². The molecule has 27 heavy (non-hydrogen) atoms. The molecule has 3 aliphatic rings. The highest BCUT2D eigenvalue weighted by molar-refractivity contribution is 5.94. The predicted octanol–water partition coefficient (Wildman–Crippen LogP) is 3.59. The molecular formula is C22H31N3O2. The first kappa shape index (κ1) is 18.3. The van der Waals surface area contributed by atoms with Gasteiger partial charge in [-0.2, -0.15) is 0 Å². The first-order valence-corrected chi connectivity index (χ1v) is 10.1. The zero-order valence-electron chi connectivity index (χ0n) is 17.0. The summed E-state index contributed by atoms with van der Waals surface area (Å²) >= 11 is 0. The molecule has 2 heterocycles. The molecule has 0 spiro atoms. The third kappa shape index (κ3) is 3.44. The van der Waals surface area contributed by atoms with Crippen molar-refractivity contribution in [2.24, 2.45) is 10.8 Å². The lowest BCUT2D eigenvalue weighted by atomic mass is 9.65. The Kier molecular flexibility index (Phi) is 4.24. The van der Waals surface area contributed by atoms with Crippen LogP contribution in [0.5, 0.6) is 0 Å². The Hall–Kier alpha value is -2.04. The minimum absolute atomic E-state index is 0.0790. The fraction of sp³-hybridized carbons (Fsp3) is 0.636. The van der Waals surface area contributed by atoms with Crippen molar-refractivity contribution in [1.82, 2.24) is 14.7 Å². The quantitative estimate of drug-likeness (QED) is 0.817. The zero-order chi connectivity index (χ0) is 19.4. The highest BCUT2D eigenvalue weighted by Crippen LogP contribution is 2.52. The Balaban J connectivity index is 1.45. The Morgan fingerprint density at radius 1 is 1.11 bits per heavy atom. The van der Waals surface area contributed by atoms with Gasteiger partial charge in [0.05, 0.1) is 0 Å². The highest BCUT2D eigenvalue weighted by Gasteiger charge is 2.51. The summed E-state index contributed by atoms with van der Waals surface area (Å²) in [6, 6.07) is 8.29. The van der Waals surface area contributed by atoms with Crippen LogP contribution in [-0.4, -0.2) is 59.4 Å². The monoisotopic (exact) mass is 369 g/mol. The van der Waals surface area contributed by atoms with Crippen LogP contribution in [-0.2, 0) is 6.54 Å². The van der Waals surface area contributed by atoms with Crippen molar-refractivity contribution < 1.29 is 9.59 Å². The van der Waals surface area contributed by atoms with E-state index in [1.807, 2.05) is 36.2 Å². The van der Waals surface area contributed by atoms with Gasteiger partial charge in [0.15, 0.2) is 0 Å². The summed E-state index contributed by atoms with van der Waals surface area (Å²) in [6.45, 7) is 10.0. The van der Waals surface area contributed by atoms with Crippen molar-refractivity contribution >= 4 is 11.9 Å². The van der Waals surface area contributed by atoms with Gasteiger partial charge in [-0.1, -0.05) is 32.9 Å². The van der Waals surface area contributed by atoms with Gasteiger partial charge in [-0.25, -0.2) is 4.79 Å². The summed E-state index contributed by atoms with van der Waals surface area (Å²) in [4.78, 5) is 30.9. The minimum Gasteiger partial charge on any atom is -0.335 e. The van der Waals surface area contributed by atoms with E-state index >= 15 is 0 Å². The molecule has 3 amide bonds. The summed E-state index contributed by atoms with van der Waals surface area (Å²) in [5, 5.41) is 0.